The Labute approximate surface area is 138 Å². The number of nitriles is 1. The number of ether oxygens (including phenoxy) is 2. The summed E-state index contributed by atoms with van der Waals surface area (Å²) in [5.74, 6) is 0.0817. The van der Waals surface area contributed by atoms with E-state index in [-0.39, 0.29) is 5.75 Å². The highest BCUT2D eigenvalue weighted by atomic mass is 16.6. The first-order valence-corrected chi connectivity index (χ1v) is 7.11. The van der Waals surface area contributed by atoms with E-state index in [2.05, 4.69) is 5.10 Å². The van der Waals surface area contributed by atoms with Gasteiger partial charge >= 0.3 is 5.97 Å². The smallest absolute Gasteiger partial charge is 0.343 e. The molecule has 6 nitrogen and oxygen atoms in total. The van der Waals surface area contributed by atoms with Gasteiger partial charge in [0.1, 0.15) is 0 Å². The van der Waals surface area contributed by atoms with Crippen molar-refractivity contribution in [3.63, 3.8) is 0 Å². The predicted molar refractivity (Wildman–Crippen MR) is 86.2 cm³/mol. The van der Waals surface area contributed by atoms with Crippen molar-refractivity contribution in [2.75, 3.05) is 7.11 Å². The zero-order chi connectivity index (χ0) is 16.9. The molecule has 24 heavy (non-hydrogen) atoms. The molecule has 0 aliphatic rings. The lowest BCUT2D eigenvalue weighted by molar-refractivity contribution is 0.0729. The molecular formula is C18H13N3O3. The quantitative estimate of drug-likeness (QED) is 0.546. The average Bonchev–Trinajstić information content (AvgIpc) is 3.16. The normalized spacial score (nSPS) is 10.0. The average molecular weight is 319 g/mol. The van der Waals surface area contributed by atoms with Crippen LogP contribution in [0.15, 0.2) is 60.9 Å². The van der Waals surface area contributed by atoms with Crippen LogP contribution in [0.1, 0.15) is 15.9 Å². The number of aromatic nitrogens is 2. The molecule has 0 aliphatic heterocycles. The van der Waals surface area contributed by atoms with Crippen molar-refractivity contribution in [3.8, 4) is 23.3 Å². The number of hydrogen-bond acceptors (Lipinski definition) is 5. The summed E-state index contributed by atoms with van der Waals surface area (Å²) >= 11 is 0. The maximum atomic E-state index is 12.3. The summed E-state index contributed by atoms with van der Waals surface area (Å²) in [5.41, 5.74) is 1.67. The third kappa shape index (κ3) is 3.10. The van der Waals surface area contributed by atoms with Gasteiger partial charge in [-0.1, -0.05) is 0 Å². The molecule has 0 N–H and O–H groups in total. The van der Waals surface area contributed by atoms with Crippen molar-refractivity contribution in [2.24, 2.45) is 0 Å². The Kier molecular flexibility index (Phi) is 4.25. The van der Waals surface area contributed by atoms with Gasteiger partial charge in [-0.05, 0) is 42.5 Å². The minimum absolute atomic E-state index is 0.262. The van der Waals surface area contributed by atoms with Gasteiger partial charge in [-0.3, -0.25) is 0 Å². The zero-order valence-corrected chi connectivity index (χ0v) is 12.8. The highest BCUT2D eigenvalue weighted by molar-refractivity contribution is 5.91. The van der Waals surface area contributed by atoms with E-state index in [9.17, 15) is 4.79 Å². The lowest BCUT2D eigenvalue weighted by Gasteiger charge is -2.09. The second kappa shape index (κ2) is 6.67. The molecule has 2 aromatic carbocycles. The third-order valence-corrected chi connectivity index (χ3v) is 3.37. The molecule has 0 bridgehead atoms. The highest BCUT2D eigenvalue weighted by Crippen LogP contribution is 2.28. The summed E-state index contributed by atoms with van der Waals surface area (Å²) in [5, 5.41) is 13.0. The van der Waals surface area contributed by atoms with E-state index in [1.54, 1.807) is 41.2 Å². The maximum absolute atomic E-state index is 12.3. The van der Waals surface area contributed by atoms with E-state index in [0.717, 1.165) is 5.69 Å². The van der Waals surface area contributed by atoms with Gasteiger partial charge in [0.05, 0.1) is 30.0 Å². The Balaban J connectivity index is 1.79. The number of carbonyl (C=O) groups is 1. The van der Waals surface area contributed by atoms with Gasteiger partial charge in [0.2, 0.25) is 0 Å². The van der Waals surface area contributed by atoms with Crippen molar-refractivity contribution in [1.82, 2.24) is 9.78 Å². The SMILES string of the molecule is COc1cc(C#N)ccc1OC(=O)c1ccc(-n2cccn2)cc1. The second-order valence-corrected chi connectivity index (χ2v) is 4.86. The lowest BCUT2D eigenvalue weighted by Crippen LogP contribution is -2.09. The predicted octanol–water partition coefficient (Wildman–Crippen LogP) is 2.97. The second-order valence-electron chi connectivity index (χ2n) is 4.86. The first-order chi connectivity index (χ1) is 11.7. The van der Waals surface area contributed by atoms with Gasteiger partial charge < -0.3 is 9.47 Å². The molecule has 3 aromatic rings. The fourth-order valence-electron chi connectivity index (χ4n) is 2.15. The Hall–Kier alpha value is -3.59. The van der Waals surface area contributed by atoms with Gasteiger partial charge in [0, 0.05) is 18.5 Å². The van der Waals surface area contributed by atoms with Crippen LogP contribution < -0.4 is 9.47 Å². The van der Waals surface area contributed by atoms with Crippen LogP contribution in [0.5, 0.6) is 11.5 Å². The fraction of sp³-hybridized carbons (Fsp3) is 0.0556. The Morgan fingerprint density at radius 1 is 1.17 bits per heavy atom. The van der Waals surface area contributed by atoms with Gasteiger partial charge in [-0.25, -0.2) is 9.48 Å². The first-order valence-electron chi connectivity index (χ1n) is 7.11. The molecule has 0 saturated heterocycles. The summed E-state index contributed by atoms with van der Waals surface area (Å²) in [6.45, 7) is 0. The van der Waals surface area contributed by atoms with E-state index in [4.69, 9.17) is 14.7 Å². The summed E-state index contributed by atoms with van der Waals surface area (Å²) in [7, 11) is 1.45. The molecular weight excluding hydrogens is 306 g/mol. The standard InChI is InChI=1S/C18H13N3O3/c1-23-17-11-13(12-19)3-8-16(17)24-18(22)14-4-6-15(7-5-14)21-10-2-9-20-21/h2-11H,1H3. The molecule has 1 heterocycles. The molecule has 0 unspecified atom stereocenters. The minimum Gasteiger partial charge on any atom is -0.493 e. The Morgan fingerprint density at radius 2 is 1.96 bits per heavy atom. The van der Waals surface area contributed by atoms with Crippen molar-refractivity contribution in [2.45, 2.75) is 0 Å². The molecule has 6 heteroatoms. The molecule has 0 atom stereocenters. The van der Waals surface area contributed by atoms with Crippen LogP contribution in [-0.4, -0.2) is 22.9 Å². The van der Waals surface area contributed by atoms with Crippen LogP contribution in [0.2, 0.25) is 0 Å². The third-order valence-electron chi connectivity index (χ3n) is 3.37. The number of nitrogens with zero attached hydrogens (tertiary/aromatic N) is 3. The zero-order valence-electron chi connectivity index (χ0n) is 12.8. The van der Waals surface area contributed by atoms with Gasteiger partial charge in [-0.2, -0.15) is 10.4 Å². The van der Waals surface area contributed by atoms with Gasteiger partial charge in [0.15, 0.2) is 11.5 Å². The van der Waals surface area contributed by atoms with Crippen LogP contribution in [0.25, 0.3) is 5.69 Å². The van der Waals surface area contributed by atoms with E-state index < -0.39 is 5.97 Å². The lowest BCUT2D eigenvalue weighted by atomic mass is 10.2. The topological polar surface area (TPSA) is 77.1 Å². The molecule has 0 aliphatic carbocycles. The van der Waals surface area contributed by atoms with Crippen LogP contribution in [0.3, 0.4) is 0 Å². The van der Waals surface area contributed by atoms with Gasteiger partial charge in [-0.15, -0.1) is 0 Å². The number of hydrogen-bond donors (Lipinski definition) is 0. The summed E-state index contributed by atoms with van der Waals surface area (Å²) in [6, 6.07) is 15.3. The number of benzene rings is 2. The number of carbonyl (C=O) groups excluding carboxylic acids is 1. The van der Waals surface area contributed by atoms with Crippen LogP contribution in [-0.2, 0) is 0 Å². The number of esters is 1. The Bertz CT molecular complexity index is 894. The molecule has 0 fully saturated rings. The van der Waals surface area contributed by atoms with Crippen LogP contribution in [0.4, 0.5) is 0 Å². The van der Waals surface area contributed by atoms with E-state index in [1.165, 1.54) is 19.2 Å². The fourth-order valence-corrected chi connectivity index (χ4v) is 2.15. The molecule has 0 spiro atoms. The summed E-state index contributed by atoms with van der Waals surface area (Å²) in [6.07, 6.45) is 3.49. The van der Waals surface area contributed by atoms with E-state index >= 15 is 0 Å². The van der Waals surface area contributed by atoms with Crippen LogP contribution in [0, 0.1) is 11.3 Å². The summed E-state index contributed by atoms with van der Waals surface area (Å²) in [4.78, 5) is 12.3. The van der Waals surface area contributed by atoms with Crippen molar-refractivity contribution >= 4 is 5.97 Å². The van der Waals surface area contributed by atoms with Crippen molar-refractivity contribution < 1.29 is 14.3 Å². The highest BCUT2D eigenvalue weighted by Gasteiger charge is 2.13. The minimum atomic E-state index is -0.509. The molecule has 0 amide bonds. The van der Waals surface area contributed by atoms with Crippen LogP contribution >= 0.6 is 0 Å². The molecule has 0 radical (unpaired) electrons. The largest absolute Gasteiger partial charge is 0.493 e. The first kappa shape index (κ1) is 15.3. The molecule has 118 valence electrons. The molecule has 0 saturated carbocycles. The monoisotopic (exact) mass is 319 g/mol. The van der Waals surface area contributed by atoms with Crippen molar-refractivity contribution in [1.29, 1.82) is 5.26 Å². The van der Waals surface area contributed by atoms with Gasteiger partial charge in [0.25, 0.3) is 0 Å². The number of rotatable bonds is 4. The summed E-state index contributed by atoms with van der Waals surface area (Å²) < 4.78 is 12.2. The van der Waals surface area contributed by atoms with E-state index in [1.807, 2.05) is 18.3 Å². The maximum Gasteiger partial charge on any atom is 0.343 e. The Morgan fingerprint density at radius 3 is 2.58 bits per heavy atom. The van der Waals surface area contributed by atoms with E-state index in [0.29, 0.717) is 16.9 Å². The number of methoxy groups -OCH3 is 1. The molecule has 3 rings (SSSR count). The molecule has 1 aromatic heterocycles. The van der Waals surface area contributed by atoms with Crippen molar-refractivity contribution in [3.05, 3.63) is 72.1 Å².